The molecule has 0 unspecified atom stereocenters. The Bertz CT molecular complexity index is 1070. The first-order chi connectivity index (χ1) is 11.4. The van der Waals surface area contributed by atoms with Crippen LogP contribution in [-0.2, 0) is 10.1 Å². The fourth-order valence-electron chi connectivity index (χ4n) is 2.67. The van der Waals surface area contributed by atoms with Crippen LogP contribution in [0.25, 0.3) is 11.0 Å². The zero-order chi connectivity index (χ0) is 17.1. The van der Waals surface area contributed by atoms with Crippen LogP contribution in [0.15, 0.2) is 47.6 Å². The molecule has 2 amide bonds. The van der Waals surface area contributed by atoms with Crippen molar-refractivity contribution in [2.75, 3.05) is 4.90 Å². The summed E-state index contributed by atoms with van der Waals surface area (Å²) in [5.74, 6) is -1.02. The number of rotatable bonds is 2. The van der Waals surface area contributed by atoms with E-state index in [1.165, 1.54) is 24.5 Å². The highest BCUT2D eigenvalue weighted by Gasteiger charge is 2.37. The van der Waals surface area contributed by atoms with Gasteiger partial charge in [-0.15, -0.1) is 0 Å². The quantitative estimate of drug-likeness (QED) is 0.539. The van der Waals surface area contributed by atoms with Gasteiger partial charge in [0.25, 0.3) is 21.9 Å². The molecule has 3 aromatic rings. The number of carbonyl (C=O) groups is 2. The van der Waals surface area contributed by atoms with Gasteiger partial charge in [-0.05, 0) is 36.4 Å². The van der Waals surface area contributed by atoms with E-state index >= 15 is 0 Å². The fourth-order valence-corrected chi connectivity index (χ4v) is 3.15. The largest absolute Gasteiger partial charge is 0.345 e. The van der Waals surface area contributed by atoms with Crippen molar-refractivity contribution in [1.82, 2.24) is 9.97 Å². The molecular formula is C15H9N3O5S. The topological polar surface area (TPSA) is 120 Å². The predicted molar refractivity (Wildman–Crippen MR) is 83.5 cm³/mol. The summed E-state index contributed by atoms with van der Waals surface area (Å²) in [5, 5.41) is 0. The van der Waals surface area contributed by atoms with E-state index in [0.29, 0.717) is 11.0 Å². The average Bonchev–Trinajstić information content (AvgIpc) is 3.09. The smallest absolute Gasteiger partial charge is 0.294 e. The van der Waals surface area contributed by atoms with Gasteiger partial charge in [0.2, 0.25) is 0 Å². The number of hydrogen-bond donors (Lipinski definition) is 2. The first kappa shape index (κ1) is 14.5. The van der Waals surface area contributed by atoms with Crippen LogP contribution in [0, 0.1) is 0 Å². The Morgan fingerprint density at radius 1 is 1.00 bits per heavy atom. The Morgan fingerprint density at radius 2 is 1.62 bits per heavy atom. The summed E-state index contributed by atoms with van der Waals surface area (Å²) >= 11 is 0. The Hall–Kier alpha value is -3.04. The molecule has 2 N–H and O–H groups in total. The van der Waals surface area contributed by atoms with Crippen LogP contribution in [0.1, 0.15) is 20.7 Å². The normalized spacial score (nSPS) is 14.5. The number of fused-ring (bicyclic) bond motifs is 2. The van der Waals surface area contributed by atoms with E-state index in [-0.39, 0.29) is 21.7 Å². The molecule has 9 heteroatoms. The molecule has 2 heterocycles. The second kappa shape index (κ2) is 4.73. The van der Waals surface area contributed by atoms with Crippen molar-refractivity contribution in [3.63, 3.8) is 0 Å². The van der Waals surface area contributed by atoms with Gasteiger partial charge < -0.3 is 4.98 Å². The van der Waals surface area contributed by atoms with Gasteiger partial charge in [0.05, 0.1) is 39.1 Å². The van der Waals surface area contributed by atoms with Crippen LogP contribution in [0.4, 0.5) is 5.69 Å². The summed E-state index contributed by atoms with van der Waals surface area (Å²) in [6.45, 7) is 0. The van der Waals surface area contributed by atoms with Gasteiger partial charge in [0.1, 0.15) is 0 Å². The van der Waals surface area contributed by atoms with E-state index in [2.05, 4.69) is 9.97 Å². The van der Waals surface area contributed by atoms with E-state index < -0.39 is 21.9 Å². The third-order valence-electron chi connectivity index (χ3n) is 3.82. The molecule has 8 nitrogen and oxygen atoms in total. The highest BCUT2D eigenvalue weighted by molar-refractivity contribution is 7.85. The minimum absolute atomic E-state index is 0.213. The first-order valence-corrected chi connectivity index (χ1v) is 8.24. The molecule has 1 aliphatic heterocycles. The van der Waals surface area contributed by atoms with Crippen molar-refractivity contribution < 1.29 is 22.6 Å². The van der Waals surface area contributed by atoms with E-state index in [0.717, 1.165) is 17.0 Å². The van der Waals surface area contributed by atoms with Crippen LogP contribution in [0.5, 0.6) is 0 Å². The number of hydrogen-bond acceptors (Lipinski definition) is 5. The lowest BCUT2D eigenvalue weighted by Crippen LogP contribution is -2.29. The zero-order valence-corrected chi connectivity index (χ0v) is 12.7. The number of amides is 2. The van der Waals surface area contributed by atoms with Gasteiger partial charge in [0, 0.05) is 0 Å². The fraction of sp³-hybridized carbons (Fsp3) is 0. The molecule has 120 valence electrons. The molecule has 0 aliphatic carbocycles. The number of imidazole rings is 1. The van der Waals surface area contributed by atoms with Gasteiger partial charge in [-0.2, -0.15) is 8.42 Å². The standard InChI is InChI=1S/C15H9N3O5S/c19-14-10-5-12-13(17-7-16-12)6-11(10)15(20)18(14)8-1-3-9(4-2-8)24(21,22)23/h1-7H,(H,16,17)(H,21,22,23). The van der Waals surface area contributed by atoms with Crippen molar-refractivity contribution in [2.24, 2.45) is 0 Å². The lowest BCUT2D eigenvalue weighted by Gasteiger charge is -2.13. The van der Waals surface area contributed by atoms with Crippen molar-refractivity contribution in [3.8, 4) is 0 Å². The second-order valence-electron chi connectivity index (χ2n) is 5.23. The van der Waals surface area contributed by atoms with Crippen LogP contribution < -0.4 is 4.90 Å². The summed E-state index contributed by atoms with van der Waals surface area (Å²) in [4.78, 5) is 32.7. The van der Waals surface area contributed by atoms with Crippen molar-refractivity contribution >= 4 is 38.7 Å². The van der Waals surface area contributed by atoms with E-state index in [1.807, 2.05) is 0 Å². The predicted octanol–water partition coefficient (Wildman–Crippen LogP) is 1.61. The average molecular weight is 343 g/mol. The van der Waals surface area contributed by atoms with Gasteiger partial charge in [0.15, 0.2) is 0 Å². The number of benzene rings is 2. The third kappa shape index (κ3) is 2.02. The summed E-state index contributed by atoms with van der Waals surface area (Å²) in [6.07, 6.45) is 1.47. The Balaban J connectivity index is 1.80. The molecule has 4 rings (SSSR count). The SMILES string of the molecule is O=C1c2cc3nc[nH]c3cc2C(=O)N1c1ccc(S(=O)(=O)O)cc1. The molecule has 0 radical (unpaired) electrons. The number of carbonyl (C=O) groups excluding carboxylic acids is 2. The molecule has 2 aromatic carbocycles. The summed E-state index contributed by atoms with van der Waals surface area (Å²) in [6, 6.07) is 7.92. The van der Waals surface area contributed by atoms with Gasteiger partial charge >= 0.3 is 0 Å². The van der Waals surface area contributed by atoms with Crippen LogP contribution in [-0.4, -0.2) is 34.8 Å². The van der Waals surface area contributed by atoms with E-state index in [9.17, 15) is 18.0 Å². The van der Waals surface area contributed by atoms with Gasteiger partial charge in [-0.1, -0.05) is 0 Å². The van der Waals surface area contributed by atoms with E-state index in [1.54, 1.807) is 6.07 Å². The van der Waals surface area contributed by atoms with Crippen LogP contribution >= 0.6 is 0 Å². The van der Waals surface area contributed by atoms with Crippen molar-refractivity contribution in [2.45, 2.75) is 4.90 Å². The molecule has 0 bridgehead atoms. The lowest BCUT2D eigenvalue weighted by atomic mass is 10.1. The minimum Gasteiger partial charge on any atom is -0.345 e. The molecule has 1 aliphatic rings. The maximum absolute atomic E-state index is 12.6. The van der Waals surface area contributed by atoms with E-state index in [4.69, 9.17) is 4.55 Å². The lowest BCUT2D eigenvalue weighted by molar-refractivity contribution is 0.0926. The number of H-pyrrole nitrogens is 1. The number of aromatic amines is 1. The van der Waals surface area contributed by atoms with Crippen LogP contribution in [0.3, 0.4) is 0 Å². The molecule has 0 saturated carbocycles. The Kier molecular flexibility index (Phi) is 2.87. The van der Waals surface area contributed by atoms with Gasteiger partial charge in [-0.3, -0.25) is 14.1 Å². The molecule has 0 saturated heterocycles. The minimum atomic E-state index is -4.34. The monoisotopic (exact) mass is 343 g/mol. The first-order valence-electron chi connectivity index (χ1n) is 6.80. The molecule has 0 atom stereocenters. The second-order valence-corrected chi connectivity index (χ2v) is 6.65. The molecular weight excluding hydrogens is 334 g/mol. The Morgan fingerprint density at radius 3 is 2.25 bits per heavy atom. The summed E-state index contributed by atoms with van der Waals surface area (Å²) in [7, 11) is -4.34. The maximum Gasteiger partial charge on any atom is 0.294 e. The Labute approximate surface area is 135 Å². The zero-order valence-electron chi connectivity index (χ0n) is 11.9. The van der Waals surface area contributed by atoms with Crippen molar-refractivity contribution in [1.29, 1.82) is 0 Å². The molecule has 0 fully saturated rings. The number of nitrogens with one attached hydrogen (secondary N) is 1. The highest BCUT2D eigenvalue weighted by Crippen LogP contribution is 2.31. The summed E-state index contributed by atoms with van der Waals surface area (Å²) in [5.41, 5.74) is 1.90. The maximum atomic E-state index is 12.6. The number of imide groups is 1. The number of aromatic nitrogens is 2. The summed E-state index contributed by atoms with van der Waals surface area (Å²) < 4.78 is 31.1. The number of anilines is 1. The molecule has 0 spiro atoms. The number of nitrogens with zero attached hydrogens (tertiary/aromatic N) is 2. The van der Waals surface area contributed by atoms with Crippen LogP contribution in [0.2, 0.25) is 0 Å². The molecule has 24 heavy (non-hydrogen) atoms. The third-order valence-corrected chi connectivity index (χ3v) is 4.69. The highest BCUT2D eigenvalue weighted by atomic mass is 32.2. The van der Waals surface area contributed by atoms with Gasteiger partial charge in [-0.25, -0.2) is 9.88 Å². The van der Waals surface area contributed by atoms with Crippen molar-refractivity contribution in [3.05, 3.63) is 53.9 Å². The molecule has 1 aromatic heterocycles.